The van der Waals surface area contributed by atoms with Gasteiger partial charge in [-0.05, 0) is 43.4 Å². The van der Waals surface area contributed by atoms with Crippen molar-refractivity contribution in [3.8, 4) is 0 Å². The molecule has 0 spiro atoms. The quantitative estimate of drug-likeness (QED) is 0.112. The summed E-state index contributed by atoms with van der Waals surface area (Å²) in [4.78, 5) is 54.9. The Morgan fingerprint density at radius 2 is 1.77 bits per heavy atom. The largest absolute Gasteiger partial charge is 0.444 e. The molecular weight excluding hydrogens is 638 g/mol. The summed E-state index contributed by atoms with van der Waals surface area (Å²) in [5.41, 5.74) is 7.18. The third-order valence-electron chi connectivity index (χ3n) is 8.02. The van der Waals surface area contributed by atoms with Crippen molar-refractivity contribution in [1.82, 2.24) is 19.8 Å². The molecule has 1 aliphatic heterocycles. The zero-order valence-corrected chi connectivity index (χ0v) is 27.7. The zero-order valence-electron chi connectivity index (χ0n) is 26.9. The summed E-state index contributed by atoms with van der Waals surface area (Å²) in [6.07, 6.45) is 0.961. The third-order valence-corrected chi connectivity index (χ3v) is 9.48. The normalized spacial score (nSPS) is 15.0. The molecule has 1 aliphatic rings. The van der Waals surface area contributed by atoms with Crippen LogP contribution in [0.1, 0.15) is 31.2 Å². The first-order valence-corrected chi connectivity index (χ1v) is 17.0. The van der Waals surface area contributed by atoms with Gasteiger partial charge in [0.15, 0.2) is 5.96 Å². The second kappa shape index (κ2) is 16.2. The number of carbonyl (C=O) groups excluding carboxylic acids is 4. The maximum atomic E-state index is 13.3. The van der Waals surface area contributed by atoms with Crippen molar-refractivity contribution in [3.05, 3.63) is 72.3 Å². The first-order chi connectivity index (χ1) is 22.9. The average molecular weight is 680 g/mol. The minimum absolute atomic E-state index is 0.00465. The number of nitrogens with two attached hydrogens (primary N) is 1. The summed E-state index contributed by atoms with van der Waals surface area (Å²) in [5, 5.41) is 11.6. The number of aldehydes is 1. The van der Waals surface area contributed by atoms with Gasteiger partial charge in [-0.2, -0.15) is 0 Å². The number of ether oxygens (including phenoxy) is 1. The van der Waals surface area contributed by atoms with Crippen molar-refractivity contribution in [1.29, 1.82) is 5.41 Å². The molecule has 0 saturated carbocycles. The van der Waals surface area contributed by atoms with Gasteiger partial charge in [-0.1, -0.05) is 54.6 Å². The molecule has 3 aromatic rings. The Balaban J connectivity index is 1.31. The van der Waals surface area contributed by atoms with E-state index >= 15 is 0 Å². The van der Waals surface area contributed by atoms with Crippen LogP contribution in [0, 0.1) is 5.41 Å². The summed E-state index contributed by atoms with van der Waals surface area (Å²) in [6, 6.07) is 17.5. The summed E-state index contributed by atoms with van der Waals surface area (Å²) < 4.78 is 34.3. The number of fused-ring (bicyclic) bond motifs is 1. The van der Waals surface area contributed by atoms with Gasteiger partial charge in [0, 0.05) is 43.6 Å². The topological polar surface area (TPSA) is 195 Å². The van der Waals surface area contributed by atoms with E-state index in [9.17, 15) is 27.6 Å². The van der Waals surface area contributed by atoms with Crippen molar-refractivity contribution in [2.75, 3.05) is 38.6 Å². The molecule has 5 N–H and O–H groups in total. The Kier molecular flexibility index (Phi) is 12.1. The van der Waals surface area contributed by atoms with E-state index in [1.54, 1.807) is 42.5 Å². The van der Waals surface area contributed by atoms with Crippen LogP contribution in [0.2, 0.25) is 0 Å². The van der Waals surface area contributed by atoms with Crippen molar-refractivity contribution >= 4 is 56.6 Å². The fourth-order valence-corrected chi connectivity index (χ4v) is 6.79. The van der Waals surface area contributed by atoms with E-state index < -0.39 is 52.5 Å². The molecule has 0 radical (unpaired) electrons. The van der Waals surface area contributed by atoms with Gasteiger partial charge in [-0.25, -0.2) is 22.8 Å². The number of guanidine groups is 1. The molecule has 256 valence electrons. The number of nitrogens with zero attached hydrogens (tertiary/aromatic N) is 3. The van der Waals surface area contributed by atoms with E-state index in [0.717, 1.165) is 21.5 Å². The minimum atomic E-state index is -4.09. The number of anilines is 1. The molecule has 3 amide bonds. The van der Waals surface area contributed by atoms with Crippen molar-refractivity contribution in [2.45, 2.75) is 49.3 Å². The van der Waals surface area contributed by atoms with Gasteiger partial charge in [0.25, 0.3) is 0 Å². The standard InChI is InChI=1S/C33H41N7O7S/c1-38(2)27-15-6-14-26-25(27)13-7-17-29(26)48(45,46)36-20-30(42)39-18-9-16-28(39)31(43)37-24(21-41)12-8-19-40(32(34)35)33(44)47-22-23-10-4-3-5-11-23/h3-7,10-11,13-15,17,21,24,28,36H,8-9,12,16,18-20,22H2,1-2H3,(H3,34,35)(H,37,43)/t24-,28-/m0/s1. The molecule has 4 rings (SSSR count). The second-order valence-corrected chi connectivity index (χ2v) is 13.3. The summed E-state index contributed by atoms with van der Waals surface area (Å²) in [6.45, 7) is -0.322. The highest BCUT2D eigenvalue weighted by molar-refractivity contribution is 7.89. The molecule has 14 nitrogen and oxygen atoms in total. The molecule has 1 fully saturated rings. The molecule has 15 heteroatoms. The number of hydrogen-bond acceptors (Lipinski definition) is 9. The molecule has 2 atom stereocenters. The van der Waals surface area contributed by atoms with Crippen LogP contribution in [0.4, 0.5) is 10.5 Å². The fraction of sp³-hybridized carbons (Fsp3) is 0.364. The van der Waals surface area contributed by atoms with Gasteiger partial charge in [0.2, 0.25) is 21.8 Å². The van der Waals surface area contributed by atoms with Crippen LogP contribution in [0.5, 0.6) is 0 Å². The SMILES string of the molecule is CN(C)c1cccc2c(S(=O)(=O)NCC(=O)N3CCC[C@H]3C(=O)N[C@H](C=O)CCCN(C(=N)N)C(=O)OCc3ccccc3)cccc12. The van der Waals surface area contributed by atoms with Gasteiger partial charge in [0.1, 0.15) is 18.9 Å². The van der Waals surface area contributed by atoms with E-state index in [-0.39, 0.29) is 37.4 Å². The van der Waals surface area contributed by atoms with E-state index in [2.05, 4.69) is 10.0 Å². The molecular formula is C33H41N7O7S. The number of nitrogens with one attached hydrogen (secondary N) is 3. The lowest BCUT2D eigenvalue weighted by atomic mass is 10.1. The number of rotatable bonds is 14. The van der Waals surface area contributed by atoms with Gasteiger partial charge < -0.3 is 30.4 Å². The van der Waals surface area contributed by atoms with Crippen LogP contribution in [0.15, 0.2) is 71.6 Å². The first-order valence-electron chi connectivity index (χ1n) is 15.5. The highest BCUT2D eigenvalue weighted by Crippen LogP contribution is 2.30. The number of likely N-dealkylation sites (tertiary alicyclic amines) is 1. The van der Waals surface area contributed by atoms with Crippen LogP contribution in [-0.4, -0.2) is 94.2 Å². The smallest absolute Gasteiger partial charge is 0.416 e. The van der Waals surface area contributed by atoms with Crippen LogP contribution in [-0.2, 0) is 35.8 Å². The van der Waals surface area contributed by atoms with Gasteiger partial charge in [-0.15, -0.1) is 0 Å². The van der Waals surface area contributed by atoms with Crippen molar-refractivity contribution in [2.24, 2.45) is 5.73 Å². The Labute approximate surface area is 279 Å². The average Bonchev–Trinajstić information content (AvgIpc) is 3.57. The molecule has 0 bridgehead atoms. The molecule has 0 aromatic heterocycles. The maximum absolute atomic E-state index is 13.3. The fourth-order valence-electron chi connectivity index (χ4n) is 5.59. The van der Waals surface area contributed by atoms with Crippen LogP contribution < -0.4 is 20.7 Å². The van der Waals surface area contributed by atoms with Gasteiger partial charge >= 0.3 is 6.09 Å². The monoisotopic (exact) mass is 679 g/mol. The van der Waals surface area contributed by atoms with Crippen molar-refractivity contribution < 1.29 is 32.3 Å². The first kappa shape index (κ1) is 35.8. The van der Waals surface area contributed by atoms with Crippen molar-refractivity contribution in [3.63, 3.8) is 0 Å². The van der Waals surface area contributed by atoms with Crippen LogP contribution >= 0.6 is 0 Å². The highest BCUT2D eigenvalue weighted by atomic mass is 32.2. The molecule has 0 unspecified atom stereocenters. The summed E-state index contributed by atoms with van der Waals surface area (Å²) in [5.74, 6) is -1.63. The summed E-state index contributed by atoms with van der Waals surface area (Å²) in [7, 11) is -0.361. The maximum Gasteiger partial charge on any atom is 0.416 e. The van der Waals surface area contributed by atoms with E-state index in [1.807, 2.05) is 37.2 Å². The van der Waals surface area contributed by atoms with Gasteiger partial charge in [0.05, 0.1) is 17.5 Å². The molecule has 0 aliphatic carbocycles. The Morgan fingerprint density at radius 1 is 1.06 bits per heavy atom. The number of sulfonamides is 1. The summed E-state index contributed by atoms with van der Waals surface area (Å²) >= 11 is 0. The predicted octanol–water partition coefficient (Wildman–Crippen LogP) is 2.17. The predicted molar refractivity (Wildman–Crippen MR) is 181 cm³/mol. The van der Waals surface area contributed by atoms with E-state index in [0.29, 0.717) is 24.5 Å². The number of hydrogen-bond donors (Lipinski definition) is 4. The lowest BCUT2D eigenvalue weighted by molar-refractivity contribution is -0.138. The van der Waals surface area contributed by atoms with E-state index in [1.165, 1.54) is 11.0 Å². The third kappa shape index (κ3) is 8.86. The Bertz CT molecular complexity index is 1750. The van der Waals surface area contributed by atoms with E-state index in [4.69, 9.17) is 15.9 Å². The number of amides is 3. The van der Waals surface area contributed by atoms with Crippen LogP contribution in [0.3, 0.4) is 0 Å². The lowest BCUT2D eigenvalue weighted by Crippen LogP contribution is -2.51. The highest BCUT2D eigenvalue weighted by Gasteiger charge is 2.35. The Morgan fingerprint density at radius 3 is 2.46 bits per heavy atom. The molecule has 3 aromatic carbocycles. The molecule has 1 heterocycles. The number of benzene rings is 3. The number of carbonyl (C=O) groups is 4. The molecule has 1 saturated heterocycles. The van der Waals surface area contributed by atoms with Gasteiger partial charge in [-0.3, -0.25) is 15.0 Å². The second-order valence-electron chi connectivity index (χ2n) is 11.6. The molecule has 48 heavy (non-hydrogen) atoms. The minimum Gasteiger partial charge on any atom is -0.444 e. The Hall–Kier alpha value is -5.02. The zero-order chi connectivity index (χ0) is 34.8. The lowest BCUT2D eigenvalue weighted by Gasteiger charge is -2.26. The van der Waals surface area contributed by atoms with Crippen LogP contribution in [0.25, 0.3) is 10.8 Å².